The maximum atomic E-state index is 12.2. The normalized spacial score (nSPS) is 45.8. The molecule has 0 aromatic rings. The third-order valence-corrected chi connectivity index (χ3v) is 5.07. The Hall–Kier alpha value is -0.860. The number of carbonyl (C=O) groups excluding carboxylic acids is 2. The van der Waals surface area contributed by atoms with E-state index in [1.807, 2.05) is 6.92 Å². The fourth-order valence-corrected chi connectivity index (χ4v) is 4.34. The van der Waals surface area contributed by atoms with Crippen LogP contribution in [0.1, 0.15) is 51.9 Å². The molecule has 2 aliphatic carbocycles. The Morgan fingerprint density at radius 1 is 1.24 bits per heavy atom. The number of hydrogen-bond acceptors (Lipinski definition) is 3. The minimum atomic E-state index is -0.307. The smallest absolute Gasteiger partial charge is 0.312 e. The van der Waals surface area contributed by atoms with Crippen molar-refractivity contribution in [3.63, 3.8) is 0 Å². The van der Waals surface area contributed by atoms with Crippen LogP contribution in [0.2, 0.25) is 0 Å². The van der Waals surface area contributed by atoms with E-state index in [1.165, 1.54) is 0 Å². The molecule has 1 spiro atoms. The van der Waals surface area contributed by atoms with Crippen LogP contribution in [0.3, 0.4) is 0 Å². The summed E-state index contributed by atoms with van der Waals surface area (Å²) in [7, 11) is 0. The molecule has 4 atom stereocenters. The molecule has 0 amide bonds. The van der Waals surface area contributed by atoms with Gasteiger partial charge < -0.3 is 4.74 Å². The molecule has 0 bridgehead atoms. The molecule has 3 nitrogen and oxygen atoms in total. The first-order valence-electron chi connectivity index (χ1n) is 6.87. The number of carbonyl (C=O) groups is 2. The second kappa shape index (κ2) is 3.82. The summed E-state index contributed by atoms with van der Waals surface area (Å²) in [6, 6.07) is 0. The Labute approximate surface area is 102 Å². The Kier molecular flexibility index (Phi) is 2.53. The summed E-state index contributed by atoms with van der Waals surface area (Å²) in [5, 5.41) is 0. The van der Waals surface area contributed by atoms with Crippen LogP contribution in [0.4, 0.5) is 0 Å². The van der Waals surface area contributed by atoms with Gasteiger partial charge in [0.05, 0.1) is 5.41 Å². The molecule has 3 heteroatoms. The molecule has 0 aromatic carbocycles. The molecule has 0 N–H and O–H groups in total. The van der Waals surface area contributed by atoms with E-state index in [1.54, 1.807) is 0 Å². The van der Waals surface area contributed by atoms with Crippen LogP contribution in [-0.4, -0.2) is 17.9 Å². The van der Waals surface area contributed by atoms with Gasteiger partial charge in [0.2, 0.25) is 0 Å². The molecule has 94 valence electrons. The molecule has 1 heterocycles. The second-order valence-corrected chi connectivity index (χ2v) is 6.04. The maximum absolute atomic E-state index is 12.2. The molecule has 0 radical (unpaired) electrons. The van der Waals surface area contributed by atoms with Crippen molar-refractivity contribution < 1.29 is 14.3 Å². The summed E-state index contributed by atoms with van der Waals surface area (Å²) in [6.07, 6.45) is 6.54. The van der Waals surface area contributed by atoms with Gasteiger partial charge in [0.1, 0.15) is 11.9 Å². The SMILES string of the molecule is C[C@H]1C[C@@]2(CCC(=O)C3CCCC[C@@H]32)C(=O)O1. The number of rotatable bonds is 0. The zero-order valence-electron chi connectivity index (χ0n) is 10.4. The largest absolute Gasteiger partial charge is 0.462 e. The average molecular weight is 236 g/mol. The number of Topliss-reactive ketones (excluding diaryl/α,β-unsaturated/α-hetero) is 1. The lowest BCUT2D eigenvalue weighted by Gasteiger charge is -2.45. The van der Waals surface area contributed by atoms with Crippen LogP contribution in [0, 0.1) is 17.3 Å². The van der Waals surface area contributed by atoms with Crippen molar-refractivity contribution in [3.8, 4) is 0 Å². The van der Waals surface area contributed by atoms with Crippen LogP contribution in [0.5, 0.6) is 0 Å². The van der Waals surface area contributed by atoms with Crippen molar-refractivity contribution >= 4 is 11.8 Å². The Bertz CT molecular complexity index is 362. The predicted molar refractivity (Wildman–Crippen MR) is 62.3 cm³/mol. The minimum absolute atomic E-state index is 0.0191. The van der Waals surface area contributed by atoms with Gasteiger partial charge in [-0.1, -0.05) is 12.8 Å². The maximum Gasteiger partial charge on any atom is 0.312 e. The Morgan fingerprint density at radius 3 is 2.71 bits per heavy atom. The van der Waals surface area contributed by atoms with Crippen molar-refractivity contribution in [3.05, 3.63) is 0 Å². The highest BCUT2D eigenvalue weighted by Gasteiger charge is 2.58. The van der Waals surface area contributed by atoms with Crippen LogP contribution in [-0.2, 0) is 14.3 Å². The molecular formula is C14H20O3. The summed E-state index contributed by atoms with van der Waals surface area (Å²) in [6.45, 7) is 1.97. The molecule has 0 aromatic heterocycles. The quantitative estimate of drug-likeness (QED) is 0.607. The first-order chi connectivity index (χ1) is 8.13. The highest BCUT2D eigenvalue weighted by Crippen LogP contribution is 2.55. The van der Waals surface area contributed by atoms with Gasteiger partial charge in [-0.3, -0.25) is 9.59 Å². The van der Waals surface area contributed by atoms with E-state index in [-0.39, 0.29) is 29.3 Å². The van der Waals surface area contributed by atoms with Gasteiger partial charge in [0, 0.05) is 18.8 Å². The molecule has 1 unspecified atom stereocenters. The van der Waals surface area contributed by atoms with Crippen molar-refractivity contribution in [1.82, 2.24) is 0 Å². The van der Waals surface area contributed by atoms with Gasteiger partial charge >= 0.3 is 5.97 Å². The lowest BCUT2D eigenvalue weighted by molar-refractivity contribution is -0.157. The van der Waals surface area contributed by atoms with Gasteiger partial charge in [-0.2, -0.15) is 0 Å². The average Bonchev–Trinajstić information content (AvgIpc) is 2.61. The highest BCUT2D eigenvalue weighted by molar-refractivity contribution is 5.88. The fourth-order valence-electron chi connectivity index (χ4n) is 4.34. The number of hydrogen-bond donors (Lipinski definition) is 0. The number of esters is 1. The van der Waals surface area contributed by atoms with Crippen LogP contribution < -0.4 is 0 Å². The summed E-state index contributed by atoms with van der Waals surface area (Å²) >= 11 is 0. The minimum Gasteiger partial charge on any atom is -0.462 e. The van der Waals surface area contributed by atoms with Gasteiger partial charge in [-0.25, -0.2) is 0 Å². The van der Waals surface area contributed by atoms with Crippen LogP contribution in [0.25, 0.3) is 0 Å². The molecule has 17 heavy (non-hydrogen) atoms. The molecule has 3 aliphatic rings. The molecule has 3 rings (SSSR count). The van der Waals surface area contributed by atoms with Gasteiger partial charge in [-0.15, -0.1) is 0 Å². The molecule has 3 fully saturated rings. The topological polar surface area (TPSA) is 43.4 Å². The third kappa shape index (κ3) is 1.54. The number of ketones is 1. The lowest BCUT2D eigenvalue weighted by Crippen LogP contribution is -2.47. The standard InChI is InChI=1S/C14H20O3/c1-9-8-14(13(16)17-9)7-6-12(15)10-4-2-3-5-11(10)14/h9-11H,2-8H2,1H3/t9-,10?,11-,14+/m0/s1. The van der Waals surface area contributed by atoms with Crippen molar-refractivity contribution in [2.75, 3.05) is 0 Å². The number of fused-ring (bicyclic) bond motifs is 2. The number of ether oxygens (including phenoxy) is 1. The van der Waals surface area contributed by atoms with Gasteiger partial charge in [0.15, 0.2) is 0 Å². The number of cyclic esters (lactones) is 1. The third-order valence-electron chi connectivity index (χ3n) is 5.07. The van der Waals surface area contributed by atoms with Crippen LogP contribution in [0.15, 0.2) is 0 Å². The van der Waals surface area contributed by atoms with E-state index >= 15 is 0 Å². The van der Waals surface area contributed by atoms with E-state index in [9.17, 15) is 9.59 Å². The second-order valence-electron chi connectivity index (χ2n) is 6.04. The van der Waals surface area contributed by atoms with Crippen molar-refractivity contribution in [2.24, 2.45) is 17.3 Å². The van der Waals surface area contributed by atoms with E-state index in [4.69, 9.17) is 4.74 Å². The summed E-state index contributed by atoms with van der Waals surface area (Å²) < 4.78 is 5.39. The Morgan fingerprint density at radius 2 is 2.00 bits per heavy atom. The molecule has 1 saturated heterocycles. The summed E-state index contributed by atoms with van der Waals surface area (Å²) in [4.78, 5) is 24.2. The van der Waals surface area contributed by atoms with Gasteiger partial charge in [-0.05, 0) is 32.1 Å². The Balaban J connectivity index is 1.94. The van der Waals surface area contributed by atoms with E-state index in [2.05, 4.69) is 0 Å². The molecule has 1 aliphatic heterocycles. The fraction of sp³-hybridized carbons (Fsp3) is 0.857. The highest BCUT2D eigenvalue weighted by atomic mass is 16.6. The van der Waals surface area contributed by atoms with Crippen molar-refractivity contribution in [1.29, 1.82) is 0 Å². The first-order valence-corrected chi connectivity index (χ1v) is 6.87. The first kappa shape index (κ1) is 11.2. The predicted octanol–water partition coefficient (Wildman–Crippen LogP) is 2.48. The molecular weight excluding hydrogens is 216 g/mol. The van der Waals surface area contributed by atoms with Gasteiger partial charge in [0.25, 0.3) is 0 Å². The monoisotopic (exact) mass is 236 g/mol. The van der Waals surface area contributed by atoms with E-state index < -0.39 is 0 Å². The summed E-state index contributed by atoms with van der Waals surface area (Å²) in [5.74, 6) is 0.798. The summed E-state index contributed by atoms with van der Waals surface area (Å²) in [5.41, 5.74) is -0.307. The zero-order valence-corrected chi connectivity index (χ0v) is 10.4. The zero-order chi connectivity index (χ0) is 12.0. The van der Waals surface area contributed by atoms with Crippen molar-refractivity contribution in [2.45, 2.75) is 58.0 Å². The van der Waals surface area contributed by atoms with Crippen LogP contribution >= 0.6 is 0 Å². The lowest BCUT2D eigenvalue weighted by atomic mass is 9.56. The van der Waals surface area contributed by atoms with E-state index in [0.29, 0.717) is 12.2 Å². The molecule has 2 saturated carbocycles. The van der Waals surface area contributed by atoms with E-state index in [0.717, 1.165) is 38.5 Å².